The fraction of sp³-hybridized carbons (Fsp3) is 0.474. The van der Waals surface area contributed by atoms with E-state index in [0.29, 0.717) is 23.7 Å². The Morgan fingerprint density at radius 1 is 1.28 bits per heavy atom. The van der Waals surface area contributed by atoms with Gasteiger partial charge in [-0.15, -0.1) is 0 Å². The summed E-state index contributed by atoms with van der Waals surface area (Å²) in [6.45, 7) is 3.73. The van der Waals surface area contributed by atoms with Gasteiger partial charge < -0.3 is 19.4 Å². The third-order valence-corrected chi connectivity index (χ3v) is 4.53. The minimum Gasteiger partial charge on any atom is -0.497 e. The van der Waals surface area contributed by atoms with Crippen molar-refractivity contribution in [3.8, 4) is 17.1 Å². The highest BCUT2D eigenvalue weighted by Gasteiger charge is 2.19. The van der Waals surface area contributed by atoms with E-state index >= 15 is 0 Å². The predicted molar refractivity (Wildman–Crippen MR) is 95.7 cm³/mol. The van der Waals surface area contributed by atoms with Gasteiger partial charge in [0.15, 0.2) is 17.8 Å². The second-order valence-corrected chi connectivity index (χ2v) is 6.27. The fourth-order valence-electron chi connectivity index (χ4n) is 3.15. The quantitative estimate of drug-likeness (QED) is 0.873. The molecule has 0 spiro atoms. The maximum Gasteiger partial charge on any atom is 0.273 e. The minimum atomic E-state index is -0.207. The molecule has 1 aliphatic rings. The van der Waals surface area contributed by atoms with Crippen LogP contribution in [0.2, 0.25) is 0 Å². The first-order chi connectivity index (χ1) is 12.3. The Hall–Kier alpha value is -2.34. The van der Waals surface area contributed by atoms with Crippen LogP contribution >= 0.6 is 0 Å². The van der Waals surface area contributed by atoms with Crippen molar-refractivity contribution in [2.75, 3.05) is 33.3 Å². The summed E-state index contributed by atoms with van der Waals surface area (Å²) in [6, 6.07) is 7.41. The van der Waals surface area contributed by atoms with Crippen molar-refractivity contribution < 1.29 is 13.9 Å². The molecule has 0 atom stereocenters. The number of hydrogen-bond acceptors (Lipinski definition) is 5. The van der Waals surface area contributed by atoms with Crippen LogP contribution in [-0.4, -0.2) is 49.1 Å². The number of hydrogen-bond donors (Lipinski definition) is 1. The molecule has 1 fully saturated rings. The number of ether oxygens (including phenoxy) is 1. The molecule has 134 valence electrons. The van der Waals surface area contributed by atoms with Crippen LogP contribution in [0.25, 0.3) is 11.3 Å². The average molecular weight is 343 g/mol. The number of carbonyl (C=O) groups is 1. The Kier molecular flexibility index (Phi) is 6.06. The predicted octanol–water partition coefficient (Wildman–Crippen LogP) is 2.96. The van der Waals surface area contributed by atoms with E-state index in [-0.39, 0.29) is 5.91 Å². The summed E-state index contributed by atoms with van der Waals surface area (Å²) in [5.41, 5.74) is 1.08. The number of methoxy groups -OCH3 is 1. The van der Waals surface area contributed by atoms with Gasteiger partial charge in [-0.25, -0.2) is 4.98 Å². The number of rotatable bonds is 6. The highest BCUT2D eigenvalue weighted by molar-refractivity contribution is 5.97. The van der Waals surface area contributed by atoms with E-state index < -0.39 is 0 Å². The summed E-state index contributed by atoms with van der Waals surface area (Å²) >= 11 is 0. The molecule has 2 heterocycles. The number of likely N-dealkylation sites (tertiary alicyclic amines) is 1. The Bertz CT molecular complexity index is 691. The van der Waals surface area contributed by atoms with Crippen molar-refractivity contribution in [3.63, 3.8) is 0 Å². The molecule has 0 radical (unpaired) electrons. The van der Waals surface area contributed by atoms with Gasteiger partial charge in [-0.05, 0) is 38.1 Å². The first-order valence-corrected chi connectivity index (χ1v) is 8.86. The largest absolute Gasteiger partial charge is 0.497 e. The molecule has 1 aromatic heterocycles. The van der Waals surface area contributed by atoms with Crippen molar-refractivity contribution in [3.05, 3.63) is 36.4 Å². The smallest absolute Gasteiger partial charge is 0.273 e. The third-order valence-electron chi connectivity index (χ3n) is 4.53. The summed E-state index contributed by atoms with van der Waals surface area (Å²) in [6.07, 6.45) is 6.42. The number of oxazole rings is 1. The lowest BCUT2D eigenvalue weighted by molar-refractivity contribution is 0.0944. The van der Waals surface area contributed by atoms with E-state index in [0.717, 1.165) is 25.2 Å². The van der Waals surface area contributed by atoms with Gasteiger partial charge in [0.25, 0.3) is 5.91 Å². The zero-order chi connectivity index (χ0) is 17.5. The normalized spacial score (nSPS) is 15.6. The molecule has 6 heteroatoms. The molecular weight excluding hydrogens is 318 g/mol. The van der Waals surface area contributed by atoms with E-state index in [4.69, 9.17) is 9.15 Å². The number of aromatic nitrogens is 1. The SMILES string of the molecule is COc1cccc(-c2ocnc2C(=O)NCCN2CCCCCC2)c1. The fourth-order valence-corrected chi connectivity index (χ4v) is 3.15. The first kappa shape index (κ1) is 17.5. The summed E-state index contributed by atoms with van der Waals surface area (Å²) in [7, 11) is 1.61. The van der Waals surface area contributed by atoms with E-state index in [1.54, 1.807) is 7.11 Å². The van der Waals surface area contributed by atoms with E-state index in [2.05, 4.69) is 15.2 Å². The Morgan fingerprint density at radius 3 is 2.84 bits per heavy atom. The van der Waals surface area contributed by atoms with Gasteiger partial charge in [-0.1, -0.05) is 25.0 Å². The van der Waals surface area contributed by atoms with E-state index in [1.807, 2.05) is 24.3 Å². The lowest BCUT2D eigenvalue weighted by atomic mass is 10.1. The van der Waals surface area contributed by atoms with Crippen LogP contribution in [0.3, 0.4) is 0 Å². The molecule has 2 aromatic rings. The molecule has 25 heavy (non-hydrogen) atoms. The van der Waals surface area contributed by atoms with Gasteiger partial charge in [0, 0.05) is 18.7 Å². The van der Waals surface area contributed by atoms with Crippen LogP contribution in [0, 0.1) is 0 Å². The molecule has 0 aliphatic carbocycles. The van der Waals surface area contributed by atoms with Crippen molar-refractivity contribution in [1.29, 1.82) is 0 Å². The maximum atomic E-state index is 12.5. The monoisotopic (exact) mass is 343 g/mol. The van der Waals surface area contributed by atoms with Gasteiger partial charge in [0.1, 0.15) is 5.75 Å². The Morgan fingerprint density at radius 2 is 2.08 bits per heavy atom. The molecule has 0 saturated carbocycles. The first-order valence-electron chi connectivity index (χ1n) is 8.86. The highest BCUT2D eigenvalue weighted by Crippen LogP contribution is 2.26. The molecular formula is C19H25N3O3. The molecule has 3 rings (SSSR count). The average Bonchev–Trinajstić information content (AvgIpc) is 3.00. The molecule has 1 amide bonds. The number of carbonyl (C=O) groups excluding carboxylic acids is 1. The number of amides is 1. The summed E-state index contributed by atoms with van der Waals surface area (Å²) in [5.74, 6) is 0.967. The summed E-state index contributed by atoms with van der Waals surface area (Å²) < 4.78 is 10.7. The van der Waals surface area contributed by atoms with Crippen LogP contribution in [0.4, 0.5) is 0 Å². The van der Waals surface area contributed by atoms with Crippen molar-refractivity contribution in [2.24, 2.45) is 0 Å². The molecule has 1 saturated heterocycles. The molecule has 0 bridgehead atoms. The van der Waals surface area contributed by atoms with Crippen molar-refractivity contribution in [1.82, 2.24) is 15.2 Å². The molecule has 1 aliphatic heterocycles. The molecule has 1 N–H and O–H groups in total. The van der Waals surface area contributed by atoms with E-state index in [9.17, 15) is 4.79 Å². The molecule has 0 unspecified atom stereocenters. The second kappa shape index (κ2) is 8.67. The van der Waals surface area contributed by atoms with E-state index in [1.165, 1.54) is 32.1 Å². The summed E-state index contributed by atoms with van der Waals surface area (Å²) in [4.78, 5) is 19.0. The Labute approximate surface area is 148 Å². The van der Waals surface area contributed by atoms with Gasteiger partial charge in [-0.3, -0.25) is 4.79 Å². The van der Waals surface area contributed by atoms with Crippen LogP contribution in [-0.2, 0) is 0 Å². The third kappa shape index (κ3) is 4.60. The number of nitrogens with zero attached hydrogens (tertiary/aromatic N) is 2. The van der Waals surface area contributed by atoms with Gasteiger partial charge in [-0.2, -0.15) is 0 Å². The second-order valence-electron chi connectivity index (χ2n) is 6.27. The Balaban J connectivity index is 1.60. The van der Waals surface area contributed by atoms with Gasteiger partial charge >= 0.3 is 0 Å². The highest BCUT2D eigenvalue weighted by atomic mass is 16.5. The number of nitrogens with one attached hydrogen (secondary N) is 1. The molecule has 1 aromatic carbocycles. The lowest BCUT2D eigenvalue weighted by Crippen LogP contribution is -2.35. The van der Waals surface area contributed by atoms with Crippen LogP contribution < -0.4 is 10.1 Å². The van der Waals surface area contributed by atoms with Crippen molar-refractivity contribution >= 4 is 5.91 Å². The standard InChI is InChI=1S/C19H25N3O3/c1-24-16-8-6-7-15(13-16)18-17(21-14-25-18)19(23)20-9-12-22-10-4-2-3-5-11-22/h6-8,13-14H,2-5,9-12H2,1H3,(H,20,23). The maximum absolute atomic E-state index is 12.5. The minimum absolute atomic E-state index is 0.207. The topological polar surface area (TPSA) is 67.6 Å². The van der Waals surface area contributed by atoms with Crippen LogP contribution in [0.15, 0.2) is 35.1 Å². The van der Waals surface area contributed by atoms with Crippen LogP contribution in [0.1, 0.15) is 36.2 Å². The van der Waals surface area contributed by atoms with Gasteiger partial charge in [0.05, 0.1) is 7.11 Å². The number of benzene rings is 1. The lowest BCUT2D eigenvalue weighted by Gasteiger charge is -2.19. The van der Waals surface area contributed by atoms with Crippen LogP contribution in [0.5, 0.6) is 5.75 Å². The molecule has 6 nitrogen and oxygen atoms in total. The zero-order valence-corrected chi connectivity index (χ0v) is 14.7. The zero-order valence-electron chi connectivity index (χ0n) is 14.7. The van der Waals surface area contributed by atoms with Crippen molar-refractivity contribution in [2.45, 2.75) is 25.7 Å². The van der Waals surface area contributed by atoms with Gasteiger partial charge in [0.2, 0.25) is 0 Å². The summed E-state index contributed by atoms with van der Waals surface area (Å²) in [5, 5.41) is 2.96.